The summed E-state index contributed by atoms with van der Waals surface area (Å²) in [6.07, 6.45) is -0.901. The fraction of sp³-hybridized carbons (Fsp3) is 0.130. The number of hydrogen-bond donors (Lipinski definition) is 0. The molecular weight excluding hydrogens is 354 g/mol. The normalized spacial score (nSPS) is 26.2. The monoisotopic (exact) mass is 371 g/mol. The van der Waals surface area contributed by atoms with Crippen molar-refractivity contribution in [1.82, 2.24) is 0 Å². The summed E-state index contributed by atoms with van der Waals surface area (Å²) in [5.41, 5.74) is 0.561. The van der Waals surface area contributed by atoms with Crippen molar-refractivity contribution in [2.45, 2.75) is 17.9 Å². The van der Waals surface area contributed by atoms with Gasteiger partial charge < -0.3 is 9.47 Å². The van der Waals surface area contributed by atoms with Gasteiger partial charge in [-0.15, -0.1) is 0 Å². The molecule has 2 saturated heterocycles. The van der Waals surface area contributed by atoms with Crippen LogP contribution in [0.4, 0.5) is 5.69 Å². The van der Waals surface area contributed by atoms with E-state index >= 15 is 0 Å². The third-order valence-corrected chi connectivity index (χ3v) is 5.21. The average molecular weight is 371 g/mol. The Hall–Kier alpha value is -3.44. The predicted octanol–water partition coefficient (Wildman–Crippen LogP) is 3.79. The molecule has 28 heavy (non-hydrogen) atoms. The van der Waals surface area contributed by atoms with Crippen LogP contribution in [0.2, 0.25) is 0 Å². The van der Waals surface area contributed by atoms with Gasteiger partial charge in [0.2, 0.25) is 6.29 Å². The number of esters is 1. The Morgan fingerprint density at radius 3 is 1.86 bits per heavy atom. The third-order valence-electron chi connectivity index (χ3n) is 5.21. The van der Waals surface area contributed by atoms with Crippen molar-refractivity contribution in [3.63, 3.8) is 0 Å². The number of para-hydroxylation sites is 1. The predicted molar refractivity (Wildman–Crippen MR) is 102 cm³/mol. The first-order valence-corrected chi connectivity index (χ1v) is 9.09. The molecule has 3 aromatic carbocycles. The number of carbonyl (C=O) groups is 2. The Morgan fingerprint density at radius 2 is 1.25 bits per heavy atom. The molecule has 3 atom stereocenters. The van der Waals surface area contributed by atoms with Crippen molar-refractivity contribution in [2.75, 3.05) is 4.90 Å². The second-order valence-corrected chi connectivity index (χ2v) is 6.83. The molecule has 2 heterocycles. The SMILES string of the molecule is O=C1O[C@H](c2ccccc2)O[C@@]12C(=O)N(c1ccccc1)[C@H]2c1ccccc1. The van der Waals surface area contributed by atoms with E-state index < -0.39 is 29.8 Å². The molecule has 2 aliphatic heterocycles. The molecule has 1 amide bonds. The van der Waals surface area contributed by atoms with Crippen LogP contribution >= 0.6 is 0 Å². The summed E-state index contributed by atoms with van der Waals surface area (Å²) in [4.78, 5) is 27.8. The average Bonchev–Trinajstić information content (AvgIpc) is 3.13. The fourth-order valence-electron chi connectivity index (χ4n) is 3.89. The Morgan fingerprint density at radius 1 is 0.714 bits per heavy atom. The Kier molecular flexibility index (Phi) is 3.77. The van der Waals surface area contributed by atoms with Crippen LogP contribution in [0.5, 0.6) is 0 Å². The van der Waals surface area contributed by atoms with Crippen molar-refractivity contribution in [3.8, 4) is 0 Å². The van der Waals surface area contributed by atoms with E-state index in [4.69, 9.17) is 9.47 Å². The third kappa shape index (κ3) is 2.30. The number of cyclic esters (lactones) is 1. The maximum absolute atomic E-state index is 13.3. The van der Waals surface area contributed by atoms with Gasteiger partial charge in [0, 0.05) is 11.3 Å². The number of anilines is 1. The zero-order valence-electron chi connectivity index (χ0n) is 14.9. The molecule has 0 saturated carbocycles. The van der Waals surface area contributed by atoms with Gasteiger partial charge in [0.15, 0.2) is 0 Å². The van der Waals surface area contributed by atoms with E-state index in [1.54, 1.807) is 4.90 Å². The van der Waals surface area contributed by atoms with E-state index in [-0.39, 0.29) is 0 Å². The molecule has 0 aromatic heterocycles. The highest BCUT2D eigenvalue weighted by molar-refractivity contribution is 6.21. The first-order valence-electron chi connectivity index (χ1n) is 9.09. The van der Waals surface area contributed by atoms with Crippen molar-refractivity contribution < 1.29 is 19.1 Å². The van der Waals surface area contributed by atoms with E-state index in [0.717, 1.165) is 5.56 Å². The number of carbonyl (C=O) groups excluding carboxylic acids is 2. The van der Waals surface area contributed by atoms with Crippen LogP contribution < -0.4 is 4.90 Å². The molecule has 5 heteroatoms. The molecule has 3 aromatic rings. The van der Waals surface area contributed by atoms with Crippen molar-refractivity contribution in [3.05, 3.63) is 102 Å². The minimum Gasteiger partial charge on any atom is -0.429 e. The van der Waals surface area contributed by atoms with Gasteiger partial charge in [-0.05, 0) is 17.7 Å². The molecule has 2 aliphatic rings. The Balaban J connectivity index is 1.58. The van der Waals surface area contributed by atoms with E-state index in [0.29, 0.717) is 11.3 Å². The van der Waals surface area contributed by atoms with Gasteiger partial charge in [0.05, 0.1) is 0 Å². The lowest BCUT2D eigenvalue weighted by Crippen LogP contribution is -2.71. The van der Waals surface area contributed by atoms with Crippen LogP contribution in [0.1, 0.15) is 23.5 Å². The molecule has 0 bridgehead atoms. The van der Waals surface area contributed by atoms with Crippen LogP contribution in [0.15, 0.2) is 91.0 Å². The second kappa shape index (κ2) is 6.32. The summed E-state index contributed by atoms with van der Waals surface area (Å²) in [7, 11) is 0. The summed E-state index contributed by atoms with van der Waals surface area (Å²) in [6.45, 7) is 0. The number of amides is 1. The van der Waals surface area contributed by atoms with E-state index in [1.807, 2.05) is 91.0 Å². The standard InChI is InChI=1S/C23H17NO4/c25-21-23(22(26)27-20(28-23)17-12-6-2-7-13-17)19(16-10-4-1-5-11-16)24(21)18-14-8-3-9-15-18/h1-15,19-20H/t19-,20-,23-/m0/s1. The van der Waals surface area contributed by atoms with E-state index in [2.05, 4.69) is 0 Å². The second-order valence-electron chi connectivity index (χ2n) is 6.83. The van der Waals surface area contributed by atoms with Crippen LogP contribution in [0.3, 0.4) is 0 Å². The molecule has 0 radical (unpaired) electrons. The first kappa shape index (κ1) is 16.7. The highest BCUT2D eigenvalue weighted by Gasteiger charge is 2.73. The van der Waals surface area contributed by atoms with Gasteiger partial charge in [-0.2, -0.15) is 0 Å². The highest BCUT2D eigenvalue weighted by atomic mass is 16.8. The van der Waals surface area contributed by atoms with Gasteiger partial charge >= 0.3 is 5.97 Å². The molecule has 5 rings (SSSR count). The quantitative estimate of drug-likeness (QED) is 0.399. The minimum atomic E-state index is -1.67. The van der Waals surface area contributed by atoms with E-state index in [1.165, 1.54) is 0 Å². The van der Waals surface area contributed by atoms with Gasteiger partial charge in [-0.25, -0.2) is 4.79 Å². The summed E-state index contributed by atoms with van der Waals surface area (Å²) in [5.74, 6) is -1.05. The number of ether oxygens (including phenoxy) is 2. The van der Waals surface area contributed by atoms with Gasteiger partial charge in [-0.3, -0.25) is 9.69 Å². The summed E-state index contributed by atoms with van der Waals surface area (Å²) in [5, 5.41) is 0. The molecule has 0 aliphatic carbocycles. The smallest absolute Gasteiger partial charge is 0.353 e. The van der Waals surface area contributed by atoms with Crippen LogP contribution in [0.25, 0.3) is 0 Å². The molecule has 0 N–H and O–H groups in total. The number of benzene rings is 3. The molecular formula is C23H17NO4. The summed E-state index contributed by atoms with van der Waals surface area (Å²) < 4.78 is 11.6. The summed E-state index contributed by atoms with van der Waals surface area (Å²) >= 11 is 0. The maximum atomic E-state index is 13.3. The number of β-lactam (4-membered cyclic amide) rings is 1. The zero-order chi connectivity index (χ0) is 19.1. The van der Waals surface area contributed by atoms with Crippen LogP contribution in [0, 0.1) is 0 Å². The highest BCUT2D eigenvalue weighted by Crippen LogP contribution is 2.54. The molecule has 1 spiro atoms. The fourth-order valence-corrected chi connectivity index (χ4v) is 3.89. The number of hydrogen-bond acceptors (Lipinski definition) is 4. The first-order chi connectivity index (χ1) is 13.7. The largest absolute Gasteiger partial charge is 0.429 e. The van der Waals surface area contributed by atoms with Crippen LogP contribution in [-0.4, -0.2) is 17.5 Å². The Bertz CT molecular complexity index is 1020. The van der Waals surface area contributed by atoms with Gasteiger partial charge in [0.1, 0.15) is 6.04 Å². The molecule has 0 unspecified atom stereocenters. The lowest BCUT2D eigenvalue weighted by molar-refractivity contribution is -0.168. The maximum Gasteiger partial charge on any atom is 0.353 e. The molecule has 2 fully saturated rings. The molecule has 5 nitrogen and oxygen atoms in total. The number of nitrogens with zero attached hydrogens (tertiary/aromatic N) is 1. The molecule has 138 valence electrons. The van der Waals surface area contributed by atoms with Crippen LogP contribution in [-0.2, 0) is 19.1 Å². The zero-order valence-corrected chi connectivity index (χ0v) is 14.9. The lowest BCUT2D eigenvalue weighted by atomic mass is 9.77. The van der Waals surface area contributed by atoms with E-state index in [9.17, 15) is 9.59 Å². The van der Waals surface area contributed by atoms with Crippen molar-refractivity contribution >= 4 is 17.6 Å². The van der Waals surface area contributed by atoms with Gasteiger partial charge in [-0.1, -0.05) is 78.9 Å². The minimum absolute atomic E-state index is 0.406. The lowest BCUT2D eigenvalue weighted by Gasteiger charge is -2.50. The van der Waals surface area contributed by atoms with Gasteiger partial charge in [0.25, 0.3) is 11.5 Å². The summed E-state index contributed by atoms with van der Waals surface area (Å²) in [6, 6.07) is 27.3. The van der Waals surface area contributed by atoms with Crippen molar-refractivity contribution in [1.29, 1.82) is 0 Å². The number of rotatable bonds is 3. The van der Waals surface area contributed by atoms with Crippen molar-refractivity contribution in [2.24, 2.45) is 0 Å². The topological polar surface area (TPSA) is 55.8 Å². The Labute approximate surface area is 162 Å².